The number of hydrogen-bond donors (Lipinski definition) is 1. The van der Waals surface area contributed by atoms with Gasteiger partial charge in [0.05, 0.1) is 5.56 Å². The molecule has 4 heteroatoms. The first-order valence-corrected chi connectivity index (χ1v) is 7.61. The molecule has 1 heterocycles. The SMILES string of the molecule is CNCC1CCN(C(=O)c2cccc(C)c2Br)CC1. The molecule has 3 nitrogen and oxygen atoms in total. The molecule has 1 fully saturated rings. The lowest BCUT2D eigenvalue weighted by Gasteiger charge is -2.32. The minimum Gasteiger partial charge on any atom is -0.339 e. The van der Waals surface area contributed by atoms with Gasteiger partial charge in [-0.15, -0.1) is 0 Å². The Bertz CT molecular complexity index is 453. The Morgan fingerprint density at radius 3 is 2.74 bits per heavy atom. The summed E-state index contributed by atoms with van der Waals surface area (Å²) < 4.78 is 0.928. The van der Waals surface area contributed by atoms with E-state index in [4.69, 9.17) is 0 Å². The first-order valence-electron chi connectivity index (χ1n) is 6.82. The van der Waals surface area contributed by atoms with Gasteiger partial charge in [-0.3, -0.25) is 4.79 Å². The van der Waals surface area contributed by atoms with Crippen LogP contribution in [0, 0.1) is 12.8 Å². The van der Waals surface area contributed by atoms with Gasteiger partial charge in [0.1, 0.15) is 0 Å². The molecule has 1 amide bonds. The summed E-state index contributed by atoms with van der Waals surface area (Å²) in [4.78, 5) is 14.5. The highest BCUT2D eigenvalue weighted by molar-refractivity contribution is 9.10. The van der Waals surface area contributed by atoms with Gasteiger partial charge in [-0.1, -0.05) is 12.1 Å². The smallest absolute Gasteiger partial charge is 0.255 e. The van der Waals surface area contributed by atoms with Crippen LogP contribution in [-0.4, -0.2) is 37.5 Å². The largest absolute Gasteiger partial charge is 0.339 e. The zero-order valence-corrected chi connectivity index (χ0v) is 13.2. The Labute approximate surface area is 123 Å². The third kappa shape index (κ3) is 3.37. The predicted octanol–water partition coefficient (Wildman–Crippen LogP) is 2.83. The molecule has 0 spiro atoms. The average molecular weight is 325 g/mol. The molecule has 0 unspecified atom stereocenters. The van der Waals surface area contributed by atoms with Gasteiger partial charge >= 0.3 is 0 Å². The number of amides is 1. The van der Waals surface area contributed by atoms with E-state index < -0.39 is 0 Å². The summed E-state index contributed by atoms with van der Waals surface area (Å²) in [6.07, 6.45) is 2.19. The Morgan fingerprint density at radius 1 is 1.42 bits per heavy atom. The van der Waals surface area contributed by atoms with Gasteiger partial charge in [0.25, 0.3) is 5.91 Å². The van der Waals surface area contributed by atoms with E-state index >= 15 is 0 Å². The van der Waals surface area contributed by atoms with Crippen molar-refractivity contribution in [2.45, 2.75) is 19.8 Å². The van der Waals surface area contributed by atoms with Crippen molar-refractivity contribution in [3.05, 3.63) is 33.8 Å². The summed E-state index contributed by atoms with van der Waals surface area (Å²) in [6.45, 7) is 4.80. The molecule has 0 atom stereocenters. The molecule has 0 aromatic heterocycles. The number of nitrogens with one attached hydrogen (secondary N) is 1. The number of likely N-dealkylation sites (tertiary alicyclic amines) is 1. The van der Waals surface area contributed by atoms with E-state index in [0.717, 1.165) is 48.1 Å². The third-order valence-corrected chi connectivity index (χ3v) is 4.87. The van der Waals surface area contributed by atoms with Gasteiger partial charge in [-0.05, 0) is 66.8 Å². The van der Waals surface area contributed by atoms with Crippen molar-refractivity contribution in [1.82, 2.24) is 10.2 Å². The van der Waals surface area contributed by atoms with E-state index in [9.17, 15) is 4.79 Å². The molecule has 19 heavy (non-hydrogen) atoms. The van der Waals surface area contributed by atoms with Gasteiger partial charge in [-0.2, -0.15) is 0 Å². The van der Waals surface area contributed by atoms with Crippen LogP contribution in [0.5, 0.6) is 0 Å². The van der Waals surface area contributed by atoms with E-state index in [1.165, 1.54) is 0 Å². The lowest BCUT2D eigenvalue weighted by Crippen LogP contribution is -2.40. The maximum Gasteiger partial charge on any atom is 0.255 e. The van der Waals surface area contributed by atoms with Crippen LogP contribution in [0.4, 0.5) is 0 Å². The van der Waals surface area contributed by atoms with Gasteiger partial charge in [0, 0.05) is 17.6 Å². The van der Waals surface area contributed by atoms with Crippen molar-refractivity contribution in [3.8, 4) is 0 Å². The maximum absolute atomic E-state index is 12.5. The number of carbonyl (C=O) groups excluding carboxylic acids is 1. The van der Waals surface area contributed by atoms with Crippen LogP contribution in [0.15, 0.2) is 22.7 Å². The van der Waals surface area contributed by atoms with E-state index in [1.807, 2.05) is 37.1 Å². The van der Waals surface area contributed by atoms with Crippen LogP contribution >= 0.6 is 15.9 Å². The van der Waals surface area contributed by atoms with Crippen LogP contribution in [0.25, 0.3) is 0 Å². The molecule has 0 saturated carbocycles. The molecule has 0 radical (unpaired) electrons. The van der Waals surface area contributed by atoms with Crippen molar-refractivity contribution in [3.63, 3.8) is 0 Å². The zero-order chi connectivity index (χ0) is 13.8. The minimum atomic E-state index is 0.151. The van der Waals surface area contributed by atoms with Gasteiger partial charge in [-0.25, -0.2) is 0 Å². The number of piperidine rings is 1. The van der Waals surface area contributed by atoms with Crippen LogP contribution < -0.4 is 5.32 Å². The Hall–Kier alpha value is -0.870. The van der Waals surface area contributed by atoms with Gasteiger partial charge in [0.15, 0.2) is 0 Å². The molecule has 1 aliphatic rings. The van der Waals surface area contributed by atoms with E-state index in [2.05, 4.69) is 21.2 Å². The number of aryl methyl sites for hydroxylation is 1. The van der Waals surface area contributed by atoms with Crippen molar-refractivity contribution >= 4 is 21.8 Å². The molecule has 0 bridgehead atoms. The van der Waals surface area contributed by atoms with Gasteiger partial charge in [0.2, 0.25) is 0 Å². The molecular weight excluding hydrogens is 304 g/mol. The fourth-order valence-electron chi connectivity index (χ4n) is 2.61. The lowest BCUT2D eigenvalue weighted by atomic mass is 9.96. The number of rotatable bonds is 3. The van der Waals surface area contributed by atoms with E-state index in [-0.39, 0.29) is 5.91 Å². The lowest BCUT2D eigenvalue weighted by molar-refractivity contribution is 0.0690. The fourth-order valence-corrected chi connectivity index (χ4v) is 3.05. The topological polar surface area (TPSA) is 32.3 Å². The summed E-state index contributed by atoms with van der Waals surface area (Å²) in [5.74, 6) is 0.855. The average Bonchev–Trinajstić information content (AvgIpc) is 2.42. The minimum absolute atomic E-state index is 0.151. The number of hydrogen-bond acceptors (Lipinski definition) is 2. The van der Waals surface area contributed by atoms with Crippen molar-refractivity contribution in [2.75, 3.05) is 26.7 Å². The molecular formula is C15H21BrN2O. The second-order valence-electron chi connectivity index (χ2n) is 5.23. The first-order chi connectivity index (χ1) is 9.13. The molecule has 1 saturated heterocycles. The molecule has 1 N–H and O–H groups in total. The van der Waals surface area contributed by atoms with E-state index in [0.29, 0.717) is 5.92 Å². The summed E-state index contributed by atoms with van der Waals surface area (Å²) in [7, 11) is 1.99. The molecule has 104 valence electrons. The highest BCUT2D eigenvalue weighted by Crippen LogP contribution is 2.24. The molecule has 1 aromatic carbocycles. The molecule has 1 aliphatic heterocycles. The van der Waals surface area contributed by atoms with Crippen molar-refractivity contribution < 1.29 is 4.79 Å². The second kappa shape index (κ2) is 6.53. The number of carbonyl (C=O) groups is 1. The first kappa shape index (κ1) is 14.5. The second-order valence-corrected chi connectivity index (χ2v) is 6.02. The number of halogens is 1. The standard InChI is InChI=1S/C15H21BrN2O/c1-11-4-3-5-13(14(11)16)15(19)18-8-6-12(7-9-18)10-17-2/h3-5,12,17H,6-10H2,1-2H3. The molecule has 1 aromatic rings. The third-order valence-electron chi connectivity index (χ3n) is 3.82. The Kier molecular flexibility index (Phi) is 4.99. The van der Waals surface area contributed by atoms with Crippen molar-refractivity contribution in [2.24, 2.45) is 5.92 Å². The molecule has 2 rings (SSSR count). The summed E-state index contributed by atoms with van der Waals surface area (Å²) in [6, 6.07) is 5.86. The van der Waals surface area contributed by atoms with Crippen LogP contribution in [-0.2, 0) is 0 Å². The summed E-state index contributed by atoms with van der Waals surface area (Å²) in [5.41, 5.74) is 1.89. The predicted molar refractivity (Wildman–Crippen MR) is 81.4 cm³/mol. The van der Waals surface area contributed by atoms with Gasteiger partial charge < -0.3 is 10.2 Å². The number of nitrogens with zero attached hydrogens (tertiary/aromatic N) is 1. The maximum atomic E-state index is 12.5. The van der Waals surface area contributed by atoms with E-state index in [1.54, 1.807) is 0 Å². The van der Waals surface area contributed by atoms with Crippen LogP contribution in [0.1, 0.15) is 28.8 Å². The monoisotopic (exact) mass is 324 g/mol. The fraction of sp³-hybridized carbons (Fsp3) is 0.533. The van der Waals surface area contributed by atoms with Crippen LogP contribution in [0.2, 0.25) is 0 Å². The zero-order valence-electron chi connectivity index (χ0n) is 11.6. The Balaban J connectivity index is 2.03. The van der Waals surface area contributed by atoms with Crippen molar-refractivity contribution in [1.29, 1.82) is 0 Å². The highest BCUT2D eigenvalue weighted by atomic mass is 79.9. The highest BCUT2D eigenvalue weighted by Gasteiger charge is 2.24. The number of benzene rings is 1. The normalized spacial score (nSPS) is 16.7. The summed E-state index contributed by atoms with van der Waals surface area (Å²) >= 11 is 3.53. The quantitative estimate of drug-likeness (QED) is 0.927. The van der Waals surface area contributed by atoms with Crippen LogP contribution in [0.3, 0.4) is 0 Å². The Morgan fingerprint density at radius 2 is 2.11 bits per heavy atom. The molecule has 0 aliphatic carbocycles. The summed E-state index contributed by atoms with van der Waals surface area (Å²) in [5, 5.41) is 3.22.